The molecule has 0 spiro atoms. The Kier molecular flexibility index (Phi) is 5.81. The van der Waals surface area contributed by atoms with Gasteiger partial charge in [-0.2, -0.15) is 0 Å². The Morgan fingerprint density at radius 2 is 2.03 bits per heavy atom. The van der Waals surface area contributed by atoms with Gasteiger partial charge in [-0.15, -0.1) is 10.2 Å². The van der Waals surface area contributed by atoms with Crippen LogP contribution in [-0.2, 0) is 19.0 Å². The SMILES string of the molecule is Cc1cc(CNCC2(O)CCC2)cc2c(=O)c(-c3cccc(C4(c5nncn5C)CC(C)C4)c3)coc12. The molecule has 6 rings (SSSR count). The normalized spacial score (nSPS) is 22.5. The molecule has 2 N–H and O–H groups in total. The second-order valence-corrected chi connectivity index (χ2v) is 11.4. The molecule has 7 heteroatoms. The lowest BCUT2D eigenvalue weighted by molar-refractivity contribution is -0.0314. The van der Waals surface area contributed by atoms with Crippen molar-refractivity contribution in [1.29, 1.82) is 0 Å². The maximum atomic E-state index is 13.8. The number of benzene rings is 2. The molecule has 2 saturated carbocycles. The summed E-state index contributed by atoms with van der Waals surface area (Å²) in [4.78, 5) is 13.8. The van der Waals surface area contributed by atoms with Gasteiger partial charge in [-0.05, 0) is 79.3 Å². The lowest BCUT2D eigenvalue weighted by Gasteiger charge is -2.46. The highest BCUT2D eigenvalue weighted by Gasteiger charge is 2.48. The van der Waals surface area contributed by atoms with Crippen LogP contribution >= 0.6 is 0 Å². The molecule has 192 valence electrons. The first-order valence-corrected chi connectivity index (χ1v) is 13.2. The largest absolute Gasteiger partial charge is 0.463 e. The molecule has 2 aromatic carbocycles. The van der Waals surface area contributed by atoms with E-state index in [1.165, 1.54) is 0 Å². The summed E-state index contributed by atoms with van der Waals surface area (Å²) in [7, 11) is 1.99. The van der Waals surface area contributed by atoms with E-state index in [2.05, 4.69) is 34.6 Å². The van der Waals surface area contributed by atoms with Crippen molar-refractivity contribution in [3.05, 3.63) is 81.7 Å². The summed E-state index contributed by atoms with van der Waals surface area (Å²) in [6, 6.07) is 12.2. The van der Waals surface area contributed by atoms with Gasteiger partial charge in [0.2, 0.25) is 5.43 Å². The van der Waals surface area contributed by atoms with Crippen LogP contribution in [-0.4, -0.2) is 32.0 Å². The highest BCUT2D eigenvalue weighted by Crippen LogP contribution is 2.51. The van der Waals surface area contributed by atoms with Crippen LogP contribution in [0, 0.1) is 12.8 Å². The smallest absolute Gasteiger partial charge is 0.200 e. The van der Waals surface area contributed by atoms with Gasteiger partial charge in [0, 0.05) is 20.1 Å². The first-order valence-electron chi connectivity index (χ1n) is 13.2. The second kappa shape index (κ2) is 8.92. The molecule has 0 saturated heterocycles. The van der Waals surface area contributed by atoms with Crippen LogP contribution in [0.3, 0.4) is 0 Å². The van der Waals surface area contributed by atoms with Gasteiger partial charge in [0.25, 0.3) is 0 Å². The number of nitrogens with zero attached hydrogens (tertiary/aromatic N) is 3. The molecular weight excluding hydrogens is 464 g/mol. The summed E-state index contributed by atoms with van der Waals surface area (Å²) in [5, 5.41) is 22.9. The number of hydrogen-bond donors (Lipinski definition) is 2. The van der Waals surface area contributed by atoms with Crippen LogP contribution in [0.2, 0.25) is 0 Å². The summed E-state index contributed by atoms with van der Waals surface area (Å²) in [6.45, 7) is 5.39. The summed E-state index contributed by atoms with van der Waals surface area (Å²) in [5.41, 5.74) is 4.31. The van der Waals surface area contributed by atoms with Crippen molar-refractivity contribution >= 4 is 11.0 Å². The molecule has 4 aromatic rings. The number of nitrogens with one attached hydrogen (secondary N) is 1. The zero-order valence-corrected chi connectivity index (χ0v) is 21.8. The molecule has 37 heavy (non-hydrogen) atoms. The summed E-state index contributed by atoms with van der Waals surface area (Å²) < 4.78 is 8.04. The maximum Gasteiger partial charge on any atom is 0.200 e. The molecule has 0 bridgehead atoms. The van der Waals surface area contributed by atoms with Gasteiger partial charge >= 0.3 is 0 Å². The average Bonchev–Trinajstić information content (AvgIpc) is 3.27. The van der Waals surface area contributed by atoms with Crippen molar-refractivity contribution < 1.29 is 9.52 Å². The quantitative estimate of drug-likeness (QED) is 0.386. The van der Waals surface area contributed by atoms with Gasteiger partial charge < -0.3 is 19.4 Å². The summed E-state index contributed by atoms with van der Waals surface area (Å²) >= 11 is 0. The molecule has 2 aliphatic rings. The van der Waals surface area contributed by atoms with E-state index in [0.29, 0.717) is 35.5 Å². The Bertz CT molecular complexity index is 1530. The van der Waals surface area contributed by atoms with Gasteiger partial charge in [0.05, 0.1) is 22.0 Å². The van der Waals surface area contributed by atoms with Crippen molar-refractivity contribution in [2.24, 2.45) is 13.0 Å². The first-order chi connectivity index (χ1) is 17.8. The van der Waals surface area contributed by atoms with E-state index in [1.807, 2.05) is 42.8 Å². The fourth-order valence-electron chi connectivity index (χ4n) is 6.37. The predicted octanol–water partition coefficient (Wildman–Crippen LogP) is 4.62. The number of hydrogen-bond acceptors (Lipinski definition) is 6. The van der Waals surface area contributed by atoms with E-state index in [0.717, 1.165) is 60.2 Å². The lowest BCUT2D eigenvalue weighted by Crippen LogP contribution is -2.45. The highest BCUT2D eigenvalue weighted by molar-refractivity contribution is 5.84. The van der Waals surface area contributed by atoms with Crippen LogP contribution < -0.4 is 10.7 Å². The van der Waals surface area contributed by atoms with Crippen molar-refractivity contribution in [3.8, 4) is 11.1 Å². The van der Waals surface area contributed by atoms with Crippen molar-refractivity contribution in [2.75, 3.05) is 6.54 Å². The van der Waals surface area contributed by atoms with Gasteiger partial charge in [0.1, 0.15) is 24.0 Å². The van der Waals surface area contributed by atoms with E-state index in [-0.39, 0.29) is 10.8 Å². The summed E-state index contributed by atoms with van der Waals surface area (Å²) in [5.74, 6) is 1.57. The van der Waals surface area contributed by atoms with Gasteiger partial charge in [-0.1, -0.05) is 31.2 Å². The Morgan fingerprint density at radius 3 is 2.70 bits per heavy atom. The lowest BCUT2D eigenvalue weighted by atomic mass is 9.58. The van der Waals surface area contributed by atoms with Crippen molar-refractivity contribution in [2.45, 2.75) is 63.5 Å². The Morgan fingerprint density at radius 1 is 1.22 bits per heavy atom. The van der Waals surface area contributed by atoms with E-state index >= 15 is 0 Å². The first kappa shape index (κ1) is 24.1. The van der Waals surface area contributed by atoms with Gasteiger partial charge in [0.15, 0.2) is 0 Å². The third-order valence-electron chi connectivity index (χ3n) is 8.45. The minimum atomic E-state index is -0.580. The average molecular weight is 499 g/mol. The standard InChI is InChI=1S/C30H34N4O3/c1-19-13-30(14-19,28-33-32-18-34(28)3)23-7-4-6-22(12-23)25-16-37-27-20(2)10-21(11-24(27)26(25)35)15-31-17-29(36)8-5-9-29/h4,6-7,10-12,16,18-19,31,36H,5,8-9,13-15,17H2,1-3H3. The molecular formula is C30H34N4O3. The van der Waals surface area contributed by atoms with Crippen LogP contribution in [0.15, 0.2) is 58.2 Å². The number of aryl methyl sites for hydroxylation is 2. The summed E-state index contributed by atoms with van der Waals surface area (Å²) in [6.07, 6.45) is 8.12. The zero-order valence-electron chi connectivity index (χ0n) is 21.8. The molecule has 2 fully saturated rings. The number of aromatic nitrogens is 3. The number of fused-ring (bicyclic) bond motifs is 1. The van der Waals surface area contributed by atoms with E-state index in [1.54, 1.807) is 12.6 Å². The van der Waals surface area contributed by atoms with E-state index in [9.17, 15) is 9.90 Å². The third-order valence-corrected chi connectivity index (χ3v) is 8.45. The minimum absolute atomic E-state index is 0.0318. The molecule has 2 aromatic heterocycles. The van der Waals surface area contributed by atoms with Crippen molar-refractivity contribution in [1.82, 2.24) is 20.1 Å². The number of aliphatic hydroxyl groups is 1. The predicted molar refractivity (Wildman–Crippen MR) is 143 cm³/mol. The van der Waals surface area contributed by atoms with Crippen molar-refractivity contribution in [3.63, 3.8) is 0 Å². The third kappa shape index (κ3) is 4.10. The molecule has 0 aliphatic heterocycles. The zero-order chi connectivity index (χ0) is 25.8. The van der Waals surface area contributed by atoms with Crippen LogP contribution in [0.5, 0.6) is 0 Å². The van der Waals surface area contributed by atoms with Crippen LogP contribution in [0.1, 0.15) is 61.5 Å². The molecule has 0 amide bonds. The molecule has 0 unspecified atom stereocenters. The fraction of sp³-hybridized carbons (Fsp3) is 0.433. The van der Waals surface area contributed by atoms with Gasteiger partial charge in [-0.3, -0.25) is 4.79 Å². The monoisotopic (exact) mass is 498 g/mol. The Hall–Kier alpha value is -3.29. The molecule has 0 atom stereocenters. The molecule has 2 aliphatic carbocycles. The molecule has 2 heterocycles. The molecule has 0 radical (unpaired) electrons. The fourth-order valence-corrected chi connectivity index (χ4v) is 6.37. The maximum absolute atomic E-state index is 13.8. The Labute approximate surface area is 216 Å². The number of rotatable bonds is 7. The van der Waals surface area contributed by atoms with Gasteiger partial charge in [-0.25, -0.2) is 0 Å². The molecule has 7 nitrogen and oxygen atoms in total. The Balaban J connectivity index is 1.35. The van der Waals surface area contributed by atoms with E-state index in [4.69, 9.17) is 4.42 Å². The van der Waals surface area contributed by atoms with Crippen LogP contribution in [0.4, 0.5) is 0 Å². The minimum Gasteiger partial charge on any atom is -0.463 e. The second-order valence-electron chi connectivity index (χ2n) is 11.4. The highest BCUT2D eigenvalue weighted by atomic mass is 16.3. The van der Waals surface area contributed by atoms with E-state index < -0.39 is 5.60 Å². The van der Waals surface area contributed by atoms with Crippen LogP contribution in [0.25, 0.3) is 22.1 Å². The topological polar surface area (TPSA) is 93.2 Å².